The lowest BCUT2D eigenvalue weighted by atomic mass is 10.0. The summed E-state index contributed by atoms with van der Waals surface area (Å²) in [4.78, 5) is 42.5. The highest BCUT2D eigenvalue weighted by Crippen LogP contribution is 2.22. The van der Waals surface area contributed by atoms with Crippen LogP contribution < -0.4 is 15.5 Å². The van der Waals surface area contributed by atoms with Crippen LogP contribution >= 0.6 is 11.8 Å². The second-order valence-electron chi connectivity index (χ2n) is 8.61. The van der Waals surface area contributed by atoms with Gasteiger partial charge < -0.3 is 15.5 Å². The summed E-state index contributed by atoms with van der Waals surface area (Å²) in [6, 6.07) is 12.2. The number of rotatable bonds is 8. The van der Waals surface area contributed by atoms with Crippen LogP contribution in [0.3, 0.4) is 0 Å². The smallest absolute Gasteiger partial charge is 0.246 e. The number of halogens is 1. The van der Waals surface area contributed by atoms with Gasteiger partial charge in [0.25, 0.3) is 0 Å². The summed E-state index contributed by atoms with van der Waals surface area (Å²) in [6.07, 6.45) is 1.35. The maximum Gasteiger partial charge on any atom is 0.246 e. The highest BCUT2D eigenvalue weighted by Gasteiger charge is 2.38. The van der Waals surface area contributed by atoms with Crippen LogP contribution in [-0.2, 0) is 20.9 Å². The minimum atomic E-state index is -0.721. The first-order valence-corrected chi connectivity index (χ1v) is 11.4. The molecule has 1 saturated heterocycles. The van der Waals surface area contributed by atoms with Crippen molar-refractivity contribution in [2.24, 2.45) is 5.92 Å². The molecule has 0 saturated carbocycles. The standard InChI is InChI=1S/C24H31ClN4O3/c1-15(2)21(27-22(30)16(3)28-25)24(32)29-13-7-12-20(29)23(31)26-14-18-10-6-9-17-8-4-5-11-19(17)18/h4-6,8-11,15-16,20-21,28H,7,12-14H2,1-3H3,(H,26,31)(H,27,30). The van der Waals surface area contributed by atoms with Crippen LogP contribution in [0, 0.1) is 5.92 Å². The molecule has 3 unspecified atom stereocenters. The highest BCUT2D eigenvalue weighted by atomic mass is 35.5. The predicted octanol–water partition coefficient (Wildman–Crippen LogP) is 2.72. The molecule has 1 aliphatic rings. The molecule has 172 valence electrons. The van der Waals surface area contributed by atoms with Gasteiger partial charge in [0.05, 0.1) is 6.04 Å². The van der Waals surface area contributed by atoms with E-state index < -0.39 is 18.1 Å². The number of carbonyl (C=O) groups excluding carboxylic acids is 3. The molecule has 7 nitrogen and oxygen atoms in total. The number of carbonyl (C=O) groups is 3. The van der Waals surface area contributed by atoms with Gasteiger partial charge in [-0.05, 0) is 53.8 Å². The lowest BCUT2D eigenvalue weighted by molar-refractivity contribution is -0.142. The molecule has 0 spiro atoms. The largest absolute Gasteiger partial charge is 0.350 e. The SMILES string of the molecule is CC(NCl)C(=O)NC(C(=O)N1CCCC1C(=O)NCc1cccc2ccccc12)C(C)C. The van der Waals surface area contributed by atoms with E-state index in [2.05, 4.69) is 15.5 Å². The molecule has 0 bridgehead atoms. The Hall–Kier alpha value is -2.64. The topological polar surface area (TPSA) is 90.5 Å². The van der Waals surface area contributed by atoms with E-state index in [1.807, 2.05) is 56.3 Å². The van der Waals surface area contributed by atoms with E-state index in [0.29, 0.717) is 19.5 Å². The molecule has 0 radical (unpaired) electrons. The summed E-state index contributed by atoms with van der Waals surface area (Å²) in [5, 5.41) is 7.99. The third kappa shape index (κ3) is 5.40. The van der Waals surface area contributed by atoms with Crippen LogP contribution in [0.15, 0.2) is 42.5 Å². The zero-order chi connectivity index (χ0) is 23.3. The Balaban J connectivity index is 1.68. The van der Waals surface area contributed by atoms with E-state index in [4.69, 9.17) is 11.8 Å². The predicted molar refractivity (Wildman–Crippen MR) is 126 cm³/mol. The van der Waals surface area contributed by atoms with Gasteiger partial charge in [-0.1, -0.05) is 56.3 Å². The molecule has 1 heterocycles. The van der Waals surface area contributed by atoms with Crippen LogP contribution in [0.1, 0.15) is 39.2 Å². The lowest BCUT2D eigenvalue weighted by Gasteiger charge is -2.31. The summed E-state index contributed by atoms with van der Waals surface area (Å²) < 4.78 is 0. The van der Waals surface area contributed by atoms with Crippen LogP contribution in [0.2, 0.25) is 0 Å². The van der Waals surface area contributed by atoms with Gasteiger partial charge >= 0.3 is 0 Å². The normalized spacial score (nSPS) is 17.9. The zero-order valence-corrected chi connectivity index (χ0v) is 19.5. The fourth-order valence-electron chi connectivity index (χ4n) is 4.07. The van der Waals surface area contributed by atoms with Gasteiger partial charge in [-0.3, -0.25) is 14.4 Å². The minimum Gasteiger partial charge on any atom is -0.350 e. The van der Waals surface area contributed by atoms with E-state index in [1.165, 1.54) is 0 Å². The molecule has 32 heavy (non-hydrogen) atoms. The molecular weight excluding hydrogens is 428 g/mol. The summed E-state index contributed by atoms with van der Waals surface area (Å²) in [5.41, 5.74) is 1.03. The van der Waals surface area contributed by atoms with Crippen molar-refractivity contribution < 1.29 is 14.4 Å². The Morgan fingerprint density at radius 3 is 2.53 bits per heavy atom. The minimum absolute atomic E-state index is 0.131. The number of hydrogen-bond acceptors (Lipinski definition) is 4. The molecule has 3 rings (SSSR count). The van der Waals surface area contributed by atoms with Gasteiger partial charge in [-0.25, -0.2) is 4.84 Å². The maximum absolute atomic E-state index is 13.3. The molecule has 8 heteroatoms. The third-order valence-electron chi connectivity index (χ3n) is 5.96. The van der Waals surface area contributed by atoms with Gasteiger partial charge in [0.1, 0.15) is 12.1 Å². The molecular formula is C24H31ClN4O3. The van der Waals surface area contributed by atoms with Crippen molar-refractivity contribution in [3.63, 3.8) is 0 Å². The van der Waals surface area contributed by atoms with Crippen molar-refractivity contribution >= 4 is 40.3 Å². The van der Waals surface area contributed by atoms with Crippen LogP contribution in [0.4, 0.5) is 0 Å². The van der Waals surface area contributed by atoms with E-state index in [1.54, 1.807) is 11.8 Å². The molecule has 3 N–H and O–H groups in total. The molecule has 1 aliphatic heterocycles. The number of nitrogens with zero attached hydrogens (tertiary/aromatic N) is 1. The average molecular weight is 459 g/mol. The number of nitrogens with one attached hydrogen (secondary N) is 3. The van der Waals surface area contributed by atoms with Gasteiger partial charge in [0, 0.05) is 13.1 Å². The number of likely N-dealkylation sites (tertiary alicyclic amines) is 1. The van der Waals surface area contributed by atoms with Crippen molar-refractivity contribution in [1.29, 1.82) is 0 Å². The quantitative estimate of drug-likeness (QED) is 0.530. The van der Waals surface area contributed by atoms with E-state index in [9.17, 15) is 14.4 Å². The summed E-state index contributed by atoms with van der Waals surface area (Å²) >= 11 is 5.54. The second-order valence-corrected chi connectivity index (χ2v) is 8.83. The highest BCUT2D eigenvalue weighted by molar-refractivity contribution is 6.15. The number of benzene rings is 2. The van der Waals surface area contributed by atoms with Crippen LogP contribution in [-0.4, -0.2) is 47.3 Å². The first-order valence-electron chi connectivity index (χ1n) is 11.0. The Morgan fingerprint density at radius 1 is 1.09 bits per heavy atom. The van der Waals surface area contributed by atoms with Crippen molar-refractivity contribution in [1.82, 2.24) is 20.4 Å². The molecule has 3 amide bonds. The average Bonchev–Trinajstić information content (AvgIpc) is 3.29. The van der Waals surface area contributed by atoms with Crippen LogP contribution in [0.25, 0.3) is 10.8 Å². The number of hydrogen-bond donors (Lipinski definition) is 3. The third-order valence-corrected chi connectivity index (χ3v) is 6.29. The van der Waals surface area contributed by atoms with E-state index in [-0.39, 0.29) is 23.6 Å². The van der Waals surface area contributed by atoms with Crippen LogP contribution in [0.5, 0.6) is 0 Å². The monoisotopic (exact) mass is 458 g/mol. The molecule has 2 aromatic carbocycles. The van der Waals surface area contributed by atoms with Crippen molar-refractivity contribution in [2.45, 2.75) is 58.3 Å². The summed E-state index contributed by atoms with van der Waals surface area (Å²) in [6.45, 7) is 6.24. The molecule has 1 fully saturated rings. The number of amides is 3. The number of fused-ring (bicyclic) bond motifs is 1. The summed E-state index contributed by atoms with van der Waals surface area (Å²) in [5.74, 6) is -0.900. The second kappa shape index (κ2) is 10.8. The first kappa shape index (κ1) is 24.0. The fraction of sp³-hybridized carbons (Fsp3) is 0.458. The Kier molecular flexibility index (Phi) is 8.10. The Bertz CT molecular complexity index is 975. The van der Waals surface area contributed by atoms with E-state index >= 15 is 0 Å². The Morgan fingerprint density at radius 2 is 1.81 bits per heavy atom. The first-order chi connectivity index (χ1) is 15.3. The van der Waals surface area contributed by atoms with E-state index in [0.717, 1.165) is 22.8 Å². The maximum atomic E-state index is 13.3. The zero-order valence-electron chi connectivity index (χ0n) is 18.7. The summed E-state index contributed by atoms with van der Waals surface area (Å²) in [7, 11) is 0. The van der Waals surface area contributed by atoms with Crippen molar-refractivity contribution in [3.05, 3.63) is 48.0 Å². The van der Waals surface area contributed by atoms with Gasteiger partial charge in [0.15, 0.2) is 0 Å². The molecule has 0 aliphatic carbocycles. The molecule has 0 aromatic heterocycles. The Labute approximate surface area is 194 Å². The van der Waals surface area contributed by atoms with Gasteiger partial charge in [0.2, 0.25) is 17.7 Å². The van der Waals surface area contributed by atoms with Crippen molar-refractivity contribution in [3.8, 4) is 0 Å². The van der Waals surface area contributed by atoms with Gasteiger partial charge in [-0.2, -0.15) is 0 Å². The molecule has 3 atom stereocenters. The van der Waals surface area contributed by atoms with Crippen molar-refractivity contribution in [2.75, 3.05) is 6.54 Å². The fourth-order valence-corrected chi connectivity index (χ4v) is 4.17. The lowest BCUT2D eigenvalue weighted by Crippen LogP contribution is -2.56. The van der Waals surface area contributed by atoms with Gasteiger partial charge in [-0.15, -0.1) is 0 Å². The molecule has 2 aromatic rings.